The molecule has 0 radical (unpaired) electrons. The molecule has 0 aliphatic carbocycles. The lowest BCUT2D eigenvalue weighted by molar-refractivity contribution is -0.127. The molecule has 0 unspecified atom stereocenters. The minimum Gasteiger partial charge on any atom is -0.431 e. The lowest BCUT2D eigenvalue weighted by Gasteiger charge is -2.16. The first-order valence-electron chi connectivity index (χ1n) is 7.08. The maximum absolute atomic E-state index is 12.2. The van der Waals surface area contributed by atoms with E-state index in [1.807, 2.05) is 48.5 Å². The van der Waals surface area contributed by atoms with E-state index in [9.17, 15) is 4.79 Å². The normalized spacial score (nSPS) is 10.9. The van der Waals surface area contributed by atoms with Gasteiger partial charge >= 0.3 is 0 Å². The van der Waals surface area contributed by atoms with Gasteiger partial charge in [-0.1, -0.05) is 47.6 Å². The van der Waals surface area contributed by atoms with E-state index in [1.165, 1.54) is 11.8 Å². The third-order valence-electron chi connectivity index (χ3n) is 3.33. The van der Waals surface area contributed by atoms with Crippen molar-refractivity contribution in [3.8, 4) is 0 Å². The number of nitrogens with zero attached hydrogens (tertiary/aromatic N) is 2. The molecule has 0 bridgehead atoms. The van der Waals surface area contributed by atoms with Gasteiger partial charge in [0, 0.05) is 18.6 Å². The number of hydrogen-bond acceptors (Lipinski definition) is 4. The molecule has 23 heavy (non-hydrogen) atoms. The summed E-state index contributed by atoms with van der Waals surface area (Å²) in [5, 5.41) is 1.18. The Morgan fingerprint density at radius 1 is 1.26 bits per heavy atom. The van der Waals surface area contributed by atoms with Crippen molar-refractivity contribution in [2.75, 3.05) is 12.8 Å². The first-order valence-corrected chi connectivity index (χ1v) is 8.45. The maximum Gasteiger partial charge on any atom is 0.257 e. The molecule has 0 saturated carbocycles. The quantitative estimate of drug-likeness (QED) is 0.648. The number of oxazole rings is 1. The molecule has 1 heterocycles. The number of thioether (sulfide) groups is 1. The standard InChI is InChI=1S/C17H15ClN2O2S/c1-20(10-12-5-4-6-13(18)9-12)16(21)11-23-17-19-14-7-2-3-8-15(14)22-17/h2-9H,10-11H2,1H3. The number of carbonyl (C=O) groups excluding carboxylic acids is 1. The van der Waals surface area contributed by atoms with E-state index < -0.39 is 0 Å². The van der Waals surface area contributed by atoms with Crippen LogP contribution in [0, 0.1) is 0 Å². The van der Waals surface area contributed by atoms with Crippen LogP contribution in [0.4, 0.5) is 0 Å². The molecule has 3 rings (SSSR count). The van der Waals surface area contributed by atoms with Gasteiger partial charge in [0.15, 0.2) is 5.58 Å². The molecule has 2 aromatic carbocycles. The van der Waals surface area contributed by atoms with Gasteiger partial charge in [-0.05, 0) is 29.8 Å². The third-order valence-corrected chi connectivity index (χ3v) is 4.38. The number of carbonyl (C=O) groups is 1. The fourth-order valence-electron chi connectivity index (χ4n) is 2.14. The number of halogens is 1. The Bertz CT molecular complexity index is 801. The Labute approximate surface area is 143 Å². The second-order valence-corrected chi connectivity index (χ2v) is 6.48. The summed E-state index contributed by atoms with van der Waals surface area (Å²) in [7, 11) is 1.77. The number of benzene rings is 2. The smallest absolute Gasteiger partial charge is 0.257 e. The van der Waals surface area contributed by atoms with E-state index in [0.717, 1.165) is 16.7 Å². The Balaban J connectivity index is 1.58. The van der Waals surface area contributed by atoms with Gasteiger partial charge in [0.2, 0.25) is 5.91 Å². The summed E-state index contributed by atoms with van der Waals surface area (Å²) in [4.78, 5) is 18.2. The summed E-state index contributed by atoms with van der Waals surface area (Å²) in [6.07, 6.45) is 0. The van der Waals surface area contributed by atoms with Gasteiger partial charge in [0.05, 0.1) is 5.75 Å². The van der Waals surface area contributed by atoms with E-state index in [2.05, 4.69) is 4.98 Å². The van der Waals surface area contributed by atoms with Crippen LogP contribution < -0.4 is 0 Å². The highest BCUT2D eigenvalue weighted by atomic mass is 35.5. The van der Waals surface area contributed by atoms with Crippen molar-refractivity contribution in [3.63, 3.8) is 0 Å². The van der Waals surface area contributed by atoms with Crippen LogP contribution in [0.1, 0.15) is 5.56 Å². The van der Waals surface area contributed by atoms with Crippen LogP contribution in [0.25, 0.3) is 11.1 Å². The molecule has 1 amide bonds. The van der Waals surface area contributed by atoms with Gasteiger partial charge in [-0.2, -0.15) is 0 Å². The number of para-hydroxylation sites is 2. The number of fused-ring (bicyclic) bond motifs is 1. The fraction of sp³-hybridized carbons (Fsp3) is 0.176. The summed E-state index contributed by atoms with van der Waals surface area (Å²) in [6, 6.07) is 15.0. The van der Waals surface area contributed by atoms with E-state index in [-0.39, 0.29) is 11.7 Å². The molecule has 0 spiro atoms. The molecule has 0 aliphatic heterocycles. The van der Waals surface area contributed by atoms with E-state index in [0.29, 0.717) is 16.8 Å². The molecule has 3 aromatic rings. The molecule has 0 atom stereocenters. The number of rotatable bonds is 5. The highest BCUT2D eigenvalue weighted by molar-refractivity contribution is 7.99. The summed E-state index contributed by atoms with van der Waals surface area (Å²) in [5.74, 6) is 0.293. The van der Waals surface area contributed by atoms with E-state index in [1.54, 1.807) is 11.9 Å². The number of aromatic nitrogens is 1. The average Bonchev–Trinajstić information content (AvgIpc) is 2.95. The minimum atomic E-state index is 0.0113. The molecule has 0 aliphatic rings. The summed E-state index contributed by atoms with van der Waals surface area (Å²) < 4.78 is 5.60. The van der Waals surface area contributed by atoms with Gasteiger partial charge in [0.1, 0.15) is 5.52 Å². The fourth-order valence-corrected chi connectivity index (χ4v) is 3.14. The molecule has 118 valence electrons. The average molecular weight is 347 g/mol. The molecule has 1 aromatic heterocycles. The zero-order chi connectivity index (χ0) is 16.2. The maximum atomic E-state index is 12.2. The lowest BCUT2D eigenvalue weighted by atomic mass is 10.2. The topological polar surface area (TPSA) is 46.3 Å². The van der Waals surface area contributed by atoms with Crippen molar-refractivity contribution >= 4 is 40.4 Å². The van der Waals surface area contributed by atoms with Crippen LogP contribution in [0.2, 0.25) is 5.02 Å². The zero-order valence-corrected chi connectivity index (χ0v) is 14.1. The van der Waals surface area contributed by atoms with Crippen LogP contribution >= 0.6 is 23.4 Å². The van der Waals surface area contributed by atoms with E-state index >= 15 is 0 Å². The molecule has 0 saturated heterocycles. The molecule has 6 heteroatoms. The Morgan fingerprint density at radius 3 is 2.87 bits per heavy atom. The SMILES string of the molecule is CN(Cc1cccc(Cl)c1)C(=O)CSc1nc2ccccc2o1. The first-order chi connectivity index (χ1) is 11.1. The number of amides is 1. The van der Waals surface area contributed by atoms with Gasteiger partial charge < -0.3 is 9.32 Å². The lowest BCUT2D eigenvalue weighted by Crippen LogP contribution is -2.27. The van der Waals surface area contributed by atoms with Crippen molar-refractivity contribution in [1.82, 2.24) is 9.88 Å². The minimum absolute atomic E-state index is 0.0113. The predicted octanol–water partition coefficient (Wildman–Crippen LogP) is 4.23. The summed E-state index contributed by atoms with van der Waals surface area (Å²) in [6.45, 7) is 0.521. The van der Waals surface area contributed by atoms with Crippen LogP contribution in [-0.2, 0) is 11.3 Å². The van der Waals surface area contributed by atoms with Crippen molar-refractivity contribution < 1.29 is 9.21 Å². The van der Waals surface area contributed by atoms with Crippen molar-refractivity contribution in [2.24, 2.45) is 0 Å². The van der Waals surface area contributed by atoms with Crippen LogP contribution in [-0.4, -0.2) is 28.6 Å². The molecule has 0 N–H and O–H groups in total. The second kappa shape index (κ2) is 7.06. The third kappa shape index (κ3) is 4.06. The zero-order valence-electron chi connectivity index (χ0n) is 12.5. The highest BCUT2D eigenvalue weighted by Crippen LogP contribution is 2.23. The number of hydrogen-bond donors (Lipinski definition) is 0. The van der Waals surface area contributed by atoms with Gasteiger partial charge in [-0.15, -0.1) is 0 Å². The Morgan fingerprint density at radius 2 is 2.09 bits per heavy atom. The van der Waals surface area contributed by atoms with Crippen molar-refractivity contribution in [2.45, 2.75) is 11.8 Å². The predicted molar refractivity (Wildman–Crippen MR) is 92.7 cm³/mol. The first kappa shape index (κ1) is 15.9. The monoisotopic (exact) mass is 346 g/mol. The van der Waals surface area contributed by atoms with Crippen molar-refractivity contribution in [3.05, 3.63) is 59.1 Å². The molecular weight excluding hydrogens is 332 g/mol. The van der Waals surface area contributed by atoms with Gasteiger partial charge in [-0.3, -0.25) is 4.79 Å². The Kier molecular flexibility index (Phi) is 4.88. The largest absolute Gasteiger partial charge is 0.431 e. The summed E-state index contributed by atoms with van der Waals surface area (Å²) in [5.41, 5.74) is 2.53. The molecule has 4 nitrogen and oxygen atoms in total. The second-order valence-electron chi connectivity index (χ2n) is 5.12. The van der Waals surface area contributed by atoms with Crippen molar-refractivity contribution in [1.29, 1.82) is 0 Å². The molecule has 0 fully saturated rings. The van der Waals surface area contributed by atoms with E-state index in [4.69, 9.17) is 16.0 Å². The Hall–Kier alpha value is -1.98. The van der Waals surface area contributed by atoms with Gasteiger partial charge in [0.25, 0.3) is 5.22 Å². The summed E-state index contributed by atoms with van der Waals surface area (Å²) >= 11 is 7.26. The van der Waals surface area contributed by atoms with Gasteiger partial charge in [-0.25, -0.2) is 4.98 Å². The van der Waals surface area contributed by atoms with Crippen LogP contribution in [0.5, 0.6) is 0 Å². The highest BCUT2D eigenvalue weighted by Gasteiger charge is 2.13. The van der Waals surface area contributed by atoms with Crippen LogP contribution in [0.3, 0.4) is 0 Å². The van der Waals surface area contributed by atoms with Crippen LogP contribution in [0.15, 0.2) is 58.2 Å². The molecular formula is C17H15ClN2O2S.